The molecule has 0 spiro atoms. The van der Waals surface area contributed by atoms with Crippen molar-refractivity contribution in [3.8, 4) is 0 Å². The Morgan fingerprint density at radius 1 is 1.31 bits per heavy atom. The standard InChI is InChI=1S/C8H12F2OSi2/c9-8(10,6-13-11-12)7-4-2-1-3-5-7/h1-5H,6,13H2,12H3. The van der Waals surface area contributed by atoms with Gasteiger partial charge in [0.2, 0.25) is 0 Å². The van der Waals surface area contributed by atoms with Gasteiger partial charge in [0.05, 0.1) is 0 Å². The van der Waals surface area contributed by atoms with Crippen molar-refractivity contribution >= 4 is 20.2 Å². The molecule has 1 aromatic carbocycles. The lowest BCUT2D eigenvalue weighted by molar-refractivity contribution is 0.0160. The largest absolute Gasteiger partial charge is 0.468 e. The first-order valence-corrected chi connectivity index (χ1v) is 6.48. The van der Waals surface area contributed by atoms with E-state index < -0.39 is 15.7 Å². The van der Waals surface area contributed by atoms with Crippen molar-refractivity contribution < 1.29 is 12.9 Å². The van der Waals surface area contributed by atoms with Crippen molar-refractivity contribution in [2.75, 3.05) is 0 Å². The van der Waals surface area contributed by atoms with Crippen LogP contribution in [0.3, 0.4) is 0 Å². The summed E-state index contributed by atoms with van der Waals surface area (Å²) in [6.07, 6.45) is 0. The number of rotatable bonds is 4. The maximum absolute atomic E-state index is 13.3. The quantitative estimate of drug-likeness (QED) is 0.672. The first-order valence-electron chi connectivity index (χ1n) is 4.09. The molecule has 0 aliphatic rings. The lowest BCUT2D eigenvalue weighted by Crippen LogP contribution is -2.16. The molecule has 0 fully saturated rings. The number of halogens is 2. The summed E-state index contributed by atoms with van der Waals surface area (Å²) in [5.41, 5.74) is 0.0983. The summed E-state index contributed by atoms with van der Waals surface area (Å²) >= 11 is 0. The molecule has 0 bridgehead atoms. The second-order valence-corrected chi connectivity index (χ2v) is 6.03. The zero-order valence-corrected chi connectivity index (χ0v) is 10.9. The van der Waals surface area contributed by atoms with Crippen molar-refractivity contribution in [1.82, 2.24) is 0 Å². The zero-order valence-electron chi connectivity index (χ0n) is 7.47. The Hall–Kier alpha value is -0.526. The lowest BCUT2D eigenvalue weighted by Gasteiger charge is -2.15. The van der Waals surface area contributed by atoms with E-state index in [0.717, 1.165) is 0 Å². The van der Waals surface area contributed by atoms with Crippen LogP contribution < -0.4 is 0 Å². The Balaban J connectivity index is 2.69. The van der Waals surface area contributed by atoms with E-state index in [-0.39, 0.29) is 11.6 Å². The van der Waals surface area contributed by atoms with Gasteiger partial charge in [-0.05, 0) is 0 Å². The van der Waals surface area contributed by atoms with Crippen LogP contribution in [0.25, 0.3) is 0 Å². The fourth-order valence-electron chi connectivity index (χ4n) is 1.06. The van der Waals surface area contributed by atoms with Crippen LogP contribution in [0, 0.1) is 0 Å². The minimum atomic E-state index is -2.70. The molecule has 0 unspecified atom stereocenters. The van der Waals surface area contributed by atoms with E-state index in [2.05, 4.69) is 0 Å². The summed E-state index contributed by atoms with van der Waals surface area (Å²) in [6, 6.07) is 7.82. The SMILES string of the molecule is FC(F)(C[SiH2]O[SiH3])c1ccccc1. The van der Waals surface area contributed by atoms with Crippen LogP contribution >= 0.6 is 0 Å². The molecule has 1 rings (SSSR count). The molecule has 13 heavy (non-hydrogen) atoms. The Labute approximate surface area is 81.6 Å². The lowest BCUT2D eigenvalue weighted by atomic mass is 10.1. The fraction of sp³-hybridized carbons (Fsp3) is 0.250. The maximum Gasteiger partial charge on any atom is 0.272 e. The molecule has 1 aromatic rings. The first-order chi connectivity index (χ1) is 6.17. The molecule has 0 saturated carbocycles. The molecule has 0 aromatic heterocycles. The van der Waals surface area contributed by atoms with Crippen LogP contribution in [0.5, 0.6) is 0 Å². The summed E-state index contributed by atoms with van der Waals surface area (Å²) in [6.45, 7) is 0. The van der Waals surface area contributed by atoms with Crippen molar-refractivity contribution in [2.45, 2.75) is 12.0 Å². The third-order valence-electron chi connectivity index (χ3n) is 1.82. The molecule has 0 radical (unpaired) electrons. The Morgan fingerprint density at radius 2 is 1.92 bits per heavy atom. The normalized spacial score (nSPS) is 12.8. The van der Waals surface area contributed by atoms with Crippen molar-refractivity contribution in [1.29, 1.82) is 0 Å². The molecular weight excluding hydrogens is 206 g/mol. The van der Waals surface area contributed by atoms with E-state index in [1.165, 1.54) is 12.1 Å². The highest BCUT2D eigenvalue weighted by Gasteiger charge is 2.30. The van der Waals surface area contributed by atoms with Gasteiger partial charge in [0.15, 0.2) is 9.76 Å². The van der Waals surface area contributed by atoms with E-state index in [9.17, 15) is 8.78 Å². The maximum atomic E-state index is 13.3. The van der Waals surface area contributed by atoms with Gasteiger partial charge in [0, 0.05) is 11.6 Å². The first kappa shape index (κ1) is 10.6. The highest BCUT2D eigenvalue weighted by atomic mass is 28.3. The summed E-state index contributed by atoms with van der Waals surface area (Å²) in [5.74, 6) is -2.70. The third kappa shape index (κ3) is 3.02. The van der Waals surface area contributed by atoms with Gasteiger partial charge in [-0.15, -0.1) is 0 Å². The van der Waals surface area contributed by atoms with Crippen LogP contribution in [0.4, 0.5) is 8.78 Å². The van der Waals surface area contributed by atoms with Gasteiger partial charge in [-0.2, -0.15) is 0 Å². The van der Waals surface area contributed by atoms with E-state index in [4.69, 9.17) is 4.12 Å². The zero-order chi connectivity index (χ0) is 9.73. The van der Waals surface area contributed by atoms with Gasteiger partial charge in [-0.1, -0.05) is 30.3 Å². The van der Waals surface area contributed by atoms with E-state index in [0.29, 0.717) is 10.5 Å². The summed E-state index contributed by atoms with van der Waals surface area (Å²) in [7, 11) is -0.441. The monoisotopic (exact) mass is 218 g/mol. The van der Waals surface area contributed by atoms with E-state index in [1.807, 2.05) is 0 Å². The molecule has 0 N–H and O–H groups in total. The van der Waals surface area contributed by atoms with Gasteiger partial charge in [0.25, 0.3) is 5.92 Å². The minimum absolute atomic E-state index is 0.0967. The van der Waals surface area contributed by atoms with Crippen LogP contribution in [0.2, 0.25) is 6.04 Å². The average Bonchev–Trinajstić information content (AvgIpc) is 2.16. The molecule has 5 heteroatoms. The molecule has 72 valence electrons. The number of hydrogen-bond acceptors (Lipinski definition) is 1. The molecule has 0 heterocycles. The third-order valence-corrected chi connectivity index (χ3v) is 4.28. The molecule has 0 aliphatic carbocycles. The molecular formula is C8H12F2OSi2. The predicted octanol–water partition coefficient (Wildman–Crippen LogP) is 0.577. The molecule has 0 aliphatic heterocycles. The number of hydrogen-bond donors (Lipinski definition) is 0. The Morgan fingerprint density at radius 3 is 2.46 bits per heavy atom. The molecule has 0 amide bonds. The van der Waals surface area contributed by atoms with E-state index in [1.54, 1.807) is 18.2 Å². The van der Waals surface area contributed by atoms with Gasteiger partial charge < -0.3 is 4.12 Å². The van der Waals surface area contributed by atoms with Crippen molar-refractivity contribution in [2.24, 2.45) is 0 Å². The predicted molar refractivity (Wildman–Crippen MR) is 54.7 cm³/mol. The van der Waals surface area contributed by atoms with Crippen LogP contribution in [-0.4, -0.2) is 20.2 Å². The van der Waals surface area contributed by atoms with Crippen LogP contribution in [0.15, 0.2) is 30.3 Å². The number of benzene rings is 1. The molecule has 1 nitrogen and oxygen atoms in total. The van der Waals surface area contributed by atoms with Gasteiger partial charge >= 0.3 is 0 Å². The average molecular weight is 218 g/mol. The highest BCUT2D eigenvalue weighted by molar-refractivity contribution is 6.34. The number of alkyl halides is 2. The summed E-state index contributed by atoms with van der Waals surface area (Å²) in [4.78, 5) is 0. The summed E-state index contributed by atoms with van der Waals surface area (Å²) in [5, 5.41) is 0. The van der Waals surface area contributed by atoms with E-state index >= 15 is 0 Å². The second kappa shape index (κ2) is 4.64. The smallest absolute Gasteiger partial charge is 0.272 e. The van der Waals surface area contributed by atoms with Gasteiger partial charge in [0.1, 0.15) is 10.5 Å². The minimum Gasteiger partial charge on any atom is -0.468 e. The van der Waals surface area contributed by atoms with Crippen LogP contribution in [0.1, 0.15) is 5.56 Å². The van der Waals surface area contributed by atoms with Gasteiger partial charge in [-0.25, -0.2) is 8.78 Å². The highest BCUT2D eigenvalue weighted by Crippen LogP contribution is 2.31. The van der Waals surface area contributed by atoms with Crippen LogP contribution in [-0.2, 0) is 10.0 Å². The van der Waals surface area contributed by atoms with Crippen molar-refractivity contribution in [3.05, 3.63) is 35.9 Å². The Kier molecular flexibility index (Phi) is 3.77. The van der Waals surface area contributed by atoms with Gasteiger partial charge in [-0.3, -0.25) is 0 Å². The Bertz CT molecular complexity index is 254. The van der Waals surface area contributed by atoms with Crippen molar-refractivity contribution in [3.63, 3.8) is 0 Å². The second-order valence-electron chi connectivity index (χ2n) is 2.81. The molecule has 0 atom stereocenters. The fourth-order valence-corrected chi connectivity index (χ4v) is 2.42. The summed E-state index contributed by atoms with van der Waals surface area (Å²) < 4.78 is 31.5. The topological polar surface area (TPSA) is 9.23 Å². The molecule has 0 saturated heterocycles.